The van der Waals surface area contributed by atoms with Crippen molar-refractivity contribution in [2.75, 3.05) is 13.1 Å². The first-order valence-corrected chi connectivity index (χ1v) is 6.24. The van der Waals surface area contributed by atoms with E-state index >= 15 is 0 Å². The molecule has 2 aromatic heterocycles. The van der Waals surface area contributed by atoms with Crippen molar-refractivity contribution in [1.29, 1.82) is 0 Å². The number of hydrogen-bond acceptors (Lipinski definition) is 6. The van der Waals surface area contributed by atoms with E-state index in [4.69, 9.17) is 4.52 Å². The molecule has 0 bridgehead atoms. The Morgan fingerprint density at radius 3 is 2.79 bits per heavy atom. The van der Waals surface area contributed by atoms with Crippen molar-refractivity contribution in [3.8, 4) is 11.5 Å². The lowest BCUT2D eigenvalue weighted by atomic mass is 10.1. The Morgan fingerprint density at radius 2 is 2.05 bits per heavy atom. The van der Waals surface area contributed by atoms with Gasteiger partial charge < -0.3 is 9.42 Å². The summed E-state index contributed by atoms with van der Waals surface area (Å²) in [6.45, 7) is 1.50. The van der Waals surface area contributed by atoms with Crippen molar-refractivity contribution in [3.63, 3.8) is 0 Å². The van der Waals surface area contributed by atoms with E-state index < -0.39 is 0 Å². The SMILES string of the molecule is O=C(c1nc(-c2cnccn2)no1)N1CCCCC1. The summed E-state index contributed by atoms with van der Waals surface area (Å²) in [6.07, 6.45) is 7.84. The smallest absolute Gasteiger partial charge is 0.316 e. The maximum absolute atomic E-state index is 12.1. The van der Waals surface area contributed by atoms with Crippen LogP contribution in [-0.2, 0) is 0 Å². The molecule has 19 heavy (non-hydrogen) atoms. The van der Waals surface area contributed by atoms with Crippen molar-refractivity contribution in [3.05, 3.63) is 24.5 Å². The van der Waals surface area contributed by atoms with Gasteiger partial charge in [0.25, 0.3) is 0 Å². The molecular weight excluding hydrogens is 246 g/mol. The molecular formula is C12H13N5O2. The minimum Gasteiger partial charge on any atom is -0.334 e. The van der Waals surface area contributed by atoms with Gasteiger partial charge in [0.1, 0.15) is 5.69 Å². The van der Waals surface area contributed by atoms with Crippen LogP contribution in [0.15, 0.2) is 23.1 Å². The average Bonchev–Trinajstić information content (AvgIpc) is 2.98. The van der Waals surface area contributed by atoms with Gasteiger partial charge in [0, 0.05) is 25.5 Å². The third-order valence-electron chi connectivity index (χ3n) is 3.04. The Bertz CT molecular complexity index is 563. The van der Waals surface area contributed by atoms with E-state index in [9.17, 15) is 4.79 Å². The maximum Gasteiger partial charge on any atom is 0.316 e. The van der Waals surface area contributed by atoms with Crippen molar-refractivity contribution < 1.29 is 9.32 Å². The van der Waals surface area contributed by atoms with E-state index in [0.717, 1.165) is 25.9 Å². The minimum absolute atomic E-state index is 0.0163. The van der Waals surface area contributed by atoms with Gasteiger partial charge in [0.15, 0.2) is 0 Å². The quantitative estimate of drug-likeness (QED) is 0.804. The van der Waals surface area contributed by atoms with E-state index in [1.807, 2.05) is 0 Å². The normalized spacial score (nSPS) is 15.5. The number of amides is 1. The first kappa shape index (κ1) is 11.8. The number of aromatic nitrogens is 4. The van der Waals surface area contributed by atoms with Crippen LogP contribution >= 0.6 is 0 Å². The van der Waals surface area contributed by atoms with E-state index in [-0.39, 0.29) is 17.6 Å². The highest BCUT2D eigenvalue weighted by atomic mass is 16.5. The molecule has 1 aliphatic heterocycles. The molecule has 0 spiro atoms. The Labute approximate surface area is 109 Å². The Hall–Kier alpha value is -2.31. The van der Waals surface area contributed by atoms with Crippen molar-refractivity contribution in [1.82, 2.24) is 25.0 Å². The summed E-state index contributed by atoms with van der Waals surface area (Å²) in [5, 5.41) is 3.77. The van der Waals surface area contributed by atoms with Crippen LogP contribution in [0.1, 0.15) is 29.9 Å². The van der Waals surface area contributed by atoms with Crippen LogP contribution in [0.2, 0.25) is 0 Å². The van der Waals surface area contributed by atoms with Crippen LogP contribution in [0.25, 0.3) is 11.5 Å². The standard InChI is InChI=1S/C12H13N5O2/c18-12(17-6-2-1-3-7-17)11-15-10(16-19-11)9-8-13-4-5-14-9/h4-5,8H,1-3,6-7H2. The molecule has 0 aliphatic carbocycles. The first-order chi connectivity index (χ1) is 9.34. The van der Waals surface area contributed by atoms with Gasteiger partial charge in [0.2, 0.25) is 5.82 Å². The summed E-state index contributed by atoms with van der Waals surface area (Å²) in [5.74, 6) is 0.0957. The molecule has 7 nitrogen and oxygen atoms in total. The van der Waals surface area contributed by atoms with Crippen LogP contribution in [0.5, 0.6) is 0 Å². The van der Waals surface area contributed by atoms with Crippen LogP contribution < -0.4 is 0 Å². The summed E-state index contributed by atoms with van der Waals surface area (Å²) < 4.78 is 5.01. The molecule has 3 rings (SSSR count). The van der Waals surface area contributed by atoms with Gasteiger partial charge in [-0.15, -0.1) is 0 Å². The van der Waals surface area contributed by atoms with Gasteiger partial charge in [-0.25, -0.2) is 4.98 Å². The third-order valence-corrected chi connectivity index (χ3v) is 3.04. The third kappa shape index (κ3) is 2.44. The lowest BCUT2D eigenvalue weighted by Gasteiger charge is -2.24. The van der Waals surface area contributed by atoms with Crippen molar-refractivity contribution >= 4 is 5.91 Å². The first-order valence-electron chi connectivity index (χ1n) is 6.24. The second kappa shape index (κ2) is 5.13. The number of hydrogen-bond donors (Lipinski definition) is 0. The highest BCUT2D eigenvalue weighted by Crippen LogP contribution is 2.15. The second-order valence-corrected chi connectivity index (χ2v) is 4.37. The number of carbonyl (C=O) groups excluding carboxylic acids is 1. The van der Waals surface area contributed by atoms with Crippen molar-refractivity contribution in [2.24, 2.45) is 0 Å². The van der Waals surface area contributed by atoms with E-state index in [1.165, 1.54) is 18.8 Å². The van der Waals surface area contributed by atoms with Crippen molar-refractivity contribution in [2.45, 2.75) is 19.3 Å². The summed E-state index contributed by atoms with van der Waals surface area (Å²) in [4.78, 5) is 26.0. The van der Waals surface area contributed by atoms with E-state index in [1.54, 1.807) is 11.1 Å². The van der Waals surface area contributed by atoms with Gasteiger partial charge in [-0.05, 0) is 19.3 Å². The molecule has 1 saturated heterocycles. The number of piperidine rings is 1. The molecule has 0 radical (unpaired) electrons. The molecule has 98 valence electrons. The molecule has 2 aromatic rings. The van der Waals surface area contributed by atoms with Crippen LogP contribution in [0, 0.1) is 0 Å². The highest BCUT2D eigenvalue weighted by Gasteiger charge is 2.24. The van der Waals surface area contributed by atoms with Gasteiger partial charge in [-0.1, -0.05) is 5.16 Å². The molecule has 0 atom stereocenters. The number of nitrogens with zero attached hydrogens (tertiary/aromatic N) is 5. The second-order valence-electron chi connectivity index (χ2n) is 4.37. The van der Waals surface area contributed by atoms with Crippen LogP contribution in [-0.4, -0.2) is 44.0 Å². The monoisotopic (exact) mass is 259 g/mol. The van der Waals surface area contributed by atoms with Gasteiger partial charge in [-0.3, -0.25) is 9.78 Å². The summed E-state index contributed by atoms with van der Waals surface area (Å²) >= 11 is 0. The zero-order valence-corrected chi connectivity index (χ0v) is 10.3. The zero-order chi connectivity index (χ0) is 13.1. The van der Waals surface area contributed by atoms with Crippen LogP contribution in [0.4, 0.5) is 0 Å². The molecule has 0 unspecified atom stereocenters. The summed E-state index contributed by atoms with van der Waals surface area (Å²) in [7, 11) is 0. The number of carbonyl (C=O) groups is 1. The number of rotatable bonds is 2. The highest BCUT2D eigenvalue weighted by molar-refractivity contribution is 5.90. The molecule has 0 aromatic carbocycles. The molecule has 1 fully saturated rings. The Morgan fingerprint density at radius 1 is 1.21 bits per heavy atom. The average molecular weight is 259 g/mol. The fraction of sp³-hybridized carbons (Fsp3) is 0.417. The lowest BCUT2D eigenvalue weighted by Crippen LogP contribution is -2.35. The molecule has 7 heteroatoms. The van der Waals surface area contributed by atoms with Gasteiger partial charge in [-0.2, -0.15) is 4.98 Å². The topological polar surface area (TPSA) is 85.0 Å². The molecule has 0 N–H and O–H groups in total. The number of likely N-dealkylation sites (tertiary alicyclic amines) is 1. The maximum atomic E-state index is 12.1. The predicted octanol–water partition coefficient (Wildman–Crippen LogP) is 1.15. The largest absolute Gasteiger partial charge is 0.334 e. The zero-order valence-electron chi connectivity index (χ0n) is 10.3. The van der Waals surface area contributed by atoms with E-state index in [0.29, 0.717) is 5.69 Å². The fourth-order valence-electron chi connectivity index (χ4n) is 2.06. The van der Waals surface area contributed by atoms with Crippen LogP contribution in [0.3, 0.4) is 0 Å². The molecule has 1 amide bonds. The molecule has 0 saturated carbocycles. The van der Waals surface area contributed by atoms with Gasteiger partial charge >= 0.3 is 11.8 Å². The lowest BCUT2D eigenvalue weighted by molar-refractivity contribution is 0.0674. The summed E-state index contributed by atoms with van der Waals surface area (Å²) in [5.41, 5.74) is 0.490. The predicted molar refractivity (Wildman–Crippen MR) is 65.1 cm³/mol. The molecule has 3 heterocycles. The summed E-state index contributed by atoms with van der Waals surface area (Å²) in [6, 6.07) is 0. The Kier molecular flexibility index (Phi) is 3.18. The minimum atomic E-state index is -0.206. The fourth-order valence-corrected chi connectivity index (χ4v) is 2.06. The molecule has 1 aliphatic rings. The Balaban J connectivity index is 1.79. The van der Waals surface area contributed by atoms with Gasteiger partial charge in [0.05, 0.1) is 6.20 Å². The van der Waals surface area contributed by atoms with E-state index in [2.05, 4.69) is 20.1 Å².